The summed E-state index contributed by atoms with van der Waals surface area (Å²) in [6.45, 7) is 0.324. The molecule has 2 aromatic rings. The number of nitrogens with zero attached hydrogens (tertiary/aromatic N) is 1. The number of hydrogen-bond donors (Lipinski definition) is 2. The Morgan fingerprint density at radius 1 is 0.923 bits per heavy atom. The lowest BCUT2D eigenvalue weighted by molar-refractivity contribution is -0.132. The first-order chi connectivity index (χ1) is 12.0. The molecule has 0 radical (unpaired) electrons. The lowest BCUT2D eigenvalue weighted by atomic mass is 9.91. The van der Waals surface area contributed by atoms with Gasteiger partial charge in [0.25, 0.3) is 0 Å². The molecule has 0 aliphatic heterocycles. The minimum absolute atomic E-state index is 0. The van der Waals surface area contributed by atoms with E-state index in [0.29, 0.717) is 12.5 Å². The quantitative estimate of drug-likeness (QED) is 0.364. The molecule has 0 aliphatic carbocycles. The second kappa shape index (κ2) is 11.1. The Morgan fingerprint density at radius 2 is 1.42 bits per heavy atom. The van der Waals surface area contributed by atoms with E-state index in [1.54, 1.807) is 7.05 Å². The first-order valence-corrected chi connectivity index (χ1v) is 8.11. The molecule has 0 saturated heterocycles. The fourth-order valence-electron chi connectivity index (χ4n) is 2.54. The van der Waals surface area contributed by atoms with Crippen LogP contribution in [0.25, 0.3) is 0 Å². The lowest BCUT2D eigenvalue weighted by Crippen LogP contribution is -2.40. The summed E-state index contributed by atoms with van der Waals surface area (Å²) in [5, 5.41) is 5.83. The van der Waals surface area contributed by atoms with E-state index >= 15 is 0 Å². The number of hydrogen-bond acceptors (Lipinski definition) is 1. The molecule has 0 bridgehead atoms. The van der Waals surface area contributed by atoms with Gasteiger partial charge in [-0.15, -0.1) is 24.0 Å². The molecular weight excluding hydrogens is 454 g/mol. The van der Waals surface area contributed by atoms with E-state index in [1.807, 2.05) is 60.7 Å². The van der Waals surface area contributed by atoms with E-state index in [4.69, 9.17) is 0 Å². The molecule has 7 heteroatoms. The van der Waals surface area contributed by atoms with Gasteiger partial charge in [0.1, 0.15) is 0 Å². The SMILES string of the molecule is CN=C(NCCC(F)(F)F)NCC(c1ccccc1)c1ccccc1.I. The molecule has 142 valence electrons. The van der Waals surface area contributed by atoms with Crippen LogP contribution in [0.2, 0.25) is 0 Å². The third kappa shape index (κ3) is 7.63. The summed E-state index contributed by atoms with van der Waals surface area (Å²) in [5.41, 5.74) is 2.26. The normalized spacial score (nSPS) is 11.8. The van der Waals surface area contributed by atoms with Crippen LogP contribution in [0.5, 0.6) is 0 Å². The minimum atomic E-state index is -4.18. The Morgan fingerprint density at radius 3 is 1.85 bits per heavy atom. The molecule has 0 aliphatic rings. The highest BCUT2D eigenvalue weighted by Crippen LogP contribution is 2.23. The fourth-order valence-corrected chi connectivity index (χ4v) is 2.54. The number of guanidine groups is 1. The van der Waals surface area contributed by atoms with Crippen molar-refractivity contribution < 1.29 is 13.2 Å². The predicted molar refractivity (Wildman–Crippen MR) is 110 cm³/mol. The van der Waals surface area contributed by atoms with Gasteiger partial charge in [-0.1, -0.05) is 60.7 Å². The van der Waals surface area contributed by atoms with Gasteiger partial charge in [-0.25, -0.2) is 0 Å². The monoisotopic (exact) mass is 477 g/mol. The van der Waals surface area contributed by atoms with E-state index in [9.17, 15) is 13.2 Å². The Bertz CT molecular complexity index is 621. The highest BCUT2D eigenvalue weighted by molar-refractivity contribution is 14.0. The van der Waals surface area contributed by atoms with Crippen molar-refractivity contribution in [2.75, 3.05) is 20.1 Å². The third-order valence-corrected chi connectivity index (χ3v) is 3.80. The summed E-state index contributed by atoms with van der Waals surface area (Å²) in [6.07, 6.45) is -5.07. The van der Waals surface area contributed by atoms with Crippen molar-refractivity contribution >= 4 is 29.9 Å². The standard InChI is InChI=1S/C19H22F3N3.HI/c1-23-18(24-13-12-19(20,21)22)25-14-17(15-8-4-2-5-9-15)16-10-6-3-7-11-16;/h2-11,17H,12-14H2,1H3,(H2,23,24,25);1H. The third-order valence-electron chi connectivity index (χ3n) is 3.80. The van der Waals surface area contributed by atoms with Crippen LogP contribution in [0.15, 0.2) is 65.7 Å². The van der Waals surface area contributed by atoms with E-state index in [-0.39, 0.29) is 36.4 Å². The maximum absolute atomic E-state index is 12.3. The Balaban J connectivity index is 0.00000338. The van der Waals surface area contributed by atoms with Gasteiger partial charge < -0.3 is 10.6 Å². The van der Waals surface area contributed by atoms with Gasteiger partial charge in [0.2, 0.25) is 0 Å². The van der Waals surface area contributed by atoms with Crippen LogP contribution < -0.4 is 10.6 Å². The molecule has 0 unspecified atom stereocenters. The average molecular weight is 477 g/mol. The van der Waals surface area contributed by atoms with Crippen molar-refractivity contribution in [3.63, 3.8) is 0 Å². The van der Waals surface area contributed by atoms with Crippen molar-refractivity contribution in [1.82, 2.24) is 10.6 Å². The lowest BCUT2D eigenvalue weighted by Gasteiger charge is -2.20. The van der Waals surface area contributed by atoms with Gasteiger partial charge in [-0.3, -0.25) is 4.99 Å². The van der Waals surface area contributed by atoms with Crippen LogP contribution >= 0.6 is 24.0 Å². The van der Waals surface area contributed by atoms with Gasteiger partial charge in [0.15, 0.2) is 5.96 Å². The van der Waals surface area contributed by atoms with E-state index in [1.165, 1.54) is 0 Å². The summed E-state index contributed by atoms with van der Waals surface area (Å²) >= 11 is 0. The Labute approximate surface area is 169 Å². The molecular formula is C19H23F3IN3. The van der Waals surface area contributed by atoms with Crippen LogP contribution in [0.1, 0.15) is 23.5 Å². The number of rotatable bonds is 6. The van der Waals surface area contributed by atoms with Crippen molar-refractivity contribution in [2.45, 2.75) is 18.5 Å². The summed E-state index contributed by atoms with van der Waals surface area (Å²) in [6, 6.07) is 20.0. The maximum Gasteiger partial charge on any atom is 0.390 e. The number of aliphatic imine (C=N–C) groups is 1. The number of halogens is 4. The molecule has 0 saturated carbocycles. The highest BCUT2D eigenvalue weighted by atomic mass is 127. The summed E-state index contributed by atoms with van der Waals surface area (Å²) in [5.74, 6) is 0.435. The van der Waals surface area contributed by atoms with Crippen molar-refractivity contribution in [3.05, 3.63) is 71.8 Å². The second-order valence-electron chi connectivity index (χ2n) is 5.62. The summed E-state index contributed by atoms with van der Waals surface area (Å²) in [4.78, 5) is 3.99. The molecule has 2 rings (SSSR count). The molecule has 26 heavy (non-hydrogen) atoms. The zero-order chi connectivity index (χ0) is 18.1. The minimum Gasteiger partial charge on any atom is -0.356 e. The van der Waals surface area contributed by atoms with Gasteiger partial charge in [0.05, 0.1) is 6.42 Å². The van der Waals surface area contributed by atoms with Gasteiger partial charge >= 0.3 is 6.18 Å². The number of alkyl halides is 3. The van der Waals surface area contributed by atoms with Crippen LogP contribution in [-0.4, -0.2) is 32.3 Å². The maximum atomic E-state index is 12.3. The van der Waals surface area contributed by atoms with Crippen molar-refractivity contribution in [2.24, 2.45) is 4.99 Å². The number of benzene rings is 2. The molecule has 0 amide bonds. The van der Waals surface area contributed by atoms with Crippen LogP contribution in [0.4, 0.5) is 13.2 Å². The Hall–Kier alpha value is -1.77. The first kappa shape index (κ1) is 22.3. The second-order valence-corrected chi connectivity index (χ2v) is 5.62. The topological polar surface area (TPSA) is 36.4 Å². The predicted octanol–water partition coefficient (Wildman–Crippen LogP) is 4.55. The molecule has 3 nitrogen and oxygen atoms in total. The van der Waals surface area contributed by atoms with Crippen molar-refractivity contribution in [1.29, 1.82) is 0 Å². The van der Waals surface area contributed by atoms with Crippen LogP contribution in [0.3, 0.4) is 0 Å². The molecule has 2 N–H and O–H groups in total. The van der Waals surface area contributed by atoms with Crippen LogP contribution in [0, 0.1) is 0 Å². The first-order valence-electron chi connectivity index (χ1n) is 8.11. The van der Waals surface area contributed by atoms with E-state index in [0.717, 1.165) is 11.1 Å². The number of nitrogens with one attached hydrogen (secondary N) is 2. The molecule has 0 atom stereocenters. The fraction of sp³-hybridized carbons (Fsp3) is 0.316. The summed E-state index contributed by atoms with van der Waals surface area (Å²) in [7, 11) is 1.54. The molecule has 0 spiro atoms. The molecule has 0 aromatic heterocycles. The largest absolute Gasteiger partial charge is 0.390 e. The Kier molecular flexibility index (Phi) is 9.47. The summed E-state index contributed by atoms with van der Waals surface area (Å²) < 4.78 is 36.8. The average Bonchev–Trinajstić information content (AvgIpc) is 2.61. The van der Waals surface area contributed by atoms with E-state index < -0.39 is 12.6 Å². The zero-order valence-electron chi connectivity index (χ0n) is 14.5. The van der Waals surface area contributed by atoms with E-state index in [2.05, 4.69) is 15.6 Å². The molecule has 0 fully saturated rings. The molecule has 2 aromatic carbocycles. The molecule has 0 heterocycles. The van der Waals surface area contributed by atoms with Gasteiger partial charge in [-0.2, -0.15) is 13.2 Å². The van der Waals surface area contributed by atoms with Gasteiger partial charge in [0, 0.05) is 26.1 Å². The van der Waals surface area contributed by atoms with Gasteiger partial charge in [-0.05, 0) is 11.1 Å². The zero-order valence-corrected chi connectivity index (χ0v) is 16.8. The smallest absolute Gasteiger partial charge is 0.356 e. The van der Waals surface area contributed by atoms with Crippen LogP contribution in [-0.2, 0) is 0 Å². The van der Waals surface area contributed by atoms with Crippen molar-refractivity contribution in [3.8, 4) is 0 Å². The highest BCUT2D eigenvalue weighted by Gasteiger charge is 2.26.